The standard InChI is InChI=1S/C17H24F3N3O3S/c1-12(11-13-3-5-14(6-4-13)17(18,19)20)21-16(24)22-15-7-9-23(10-8-15)27(2,25)26/h3-6,12,15H,7-11H2,1-2H3,(H2,21,22,24). The van der Waals surface area contributed by atoms with Crippen molar-refractivity contribution in [3.63, 3.8) is 0 Å². The van der Waals surface area contributed by atoms with Crippen molar-refractivity contribution in [1.82, 2.24) is 14.9 Å². The fourth-order valence-electron chi connectivity index (χ4n) is 3.02. The van der Waals surface area contributed by atoms with Gasteiger partial charge in [0.1, 0.15) is 0 Å². The monoisotopic (exact) mass is 407 g/mol. The van der Waals surface area contributed by atoms with Gasteiger partial charge in [-0.1, -0.05) is 12.1 Å². The smallest absolute Gasteiger partial charge is 0.335 e. The Morgan fingerprint density at radius 2 is 1.78 bits per heavy atom. The molecule has 1 aromatic carbocycles. The Bertz CT molecular complexity index is 743. The van der Waals surface area contributed by atoms with Gasteiger partial charge in [-0.25, -0.2) is 17.5 Å². The predicted octanol–water partition coefficient (Wildman–Crippen LogP) is 2.36. The lowest BCUT2D eigenvalue weighted by atomic mass is 10.0. The normalized spacial score (nSPS) is 18.1. The number of benzene rings is 1. The van der Waals surface area contributed by atoms with E-state index in [2.05, 4.69) is 10.6 Å². The Morgan fingerprint density at radius 3 is 2.26 bits per heavy atom. The van der Waals surface area contributed by atoms with E-state index in [1.165, 1.54) is 16.4 Å². The number of hydrogen-bond acceptors (Lipinski definition) is 3. The summed E-state index contributed by atoms with van der Waals surface area (Å²) in [5, 5.41) is 5.57. The summed E-state index contributed by atoms with van der Waals surface area (Å²) in [5.41, 5.74) is -0.0118. The molecule has 1 heterocycles. The molecule has 0 radical (unpaired) electrons. The van der Waals surface area contributed by atoms with Crippen molar-refractivity contribution in [3.8, 4) is 0 Å². The number of rotatable bonds is 5. The summed E-state index contributed by atoms with van der Waals surface area (Å²) in [7, 11) is -3.21. The Labute approximate surface area is 157 Å². The zero-order valence-electron chi connectivity index (χ0n) is 15.2. The highest BCUT2D eigenvalue weighted by Gasteiger charge is 2.30. The molecule has 152 valence electrons. The van der Waals surface area contributed by atoms with Gasteiger partial charge in [0, 0.05) is 25.2 Å². The molecule has 1 unspecified atom stereocenters. The van der Waals surface area contributed by atoms with Gasteiger partial charge in [-0.15, -0.1) is 0 Å². The summed E-state index contributed by atoms with van der Waals surface area (Å²) in [5.74, 6) is 0. The molecule has 1 fully saturated rings. The minimum Gasteiger partial charge on any atom is -0.335 e. The van der Waals surface area contributed by atoms with Gasteiger partial charge >= 0.3 is 12.2 Å². The molecule has 1 aliphatic rings. The molecule has 0 spiro atoms. The molecular formula is C17H24F3N3O3S. The zero-order chi connectivity index (χ0) is 20.2. The number of carbonyl (C=O) groups excluding carboxylic acids is 1. The van der Waals surface area contributed by atoms with E-state index in [0.717, 1.165) is 18.4 Å². The van der Waals surface area contributed by atoms with E-state index in [0.29, 0.717) is 37.9 Å². The van der Waals surface area contributed by atoms with Gasteiger partial charge in [-0.2, -0.15) is 13.2 Å². The molecule has 27 heavy (non-hydrogen) atoms. The van der Waals surface area contributed by atoms with Crippen molar-refractivity contribution in [2.45, 2.75) is 44.4 Å². The van der Waals surface area contributed by atoms with Crippen molar-refractivity contribution in [2.75, 3.05) is 19.3 Å². The third-order valence-electron chi connectivity index (χ3n) is 4.46. The Balaban J connectivity index is 1.77. The number of hydrogen-bond donors (Lipinski definition) is 2. The minimum atomic E-state index is -4.37. The van der Waals surface area contributed by atoms with Crippen LogP contribution in [-0.4, -0.2) is 50.2 Å². The molecule has 1 atom stereocenters. The maximum atomic E-state index is 12.6. The highest BCUT2D eigenvalue weighted by Crippen LogP contribution is 2.29. The lowest BCUT2D eigenvalue weighted by molar-refractivity contribution is -0.137. The number of nitrogens with zero attached hydrogens (tertiary/aromatic N) is 1. The van der Waals surface area contributed by atoms with Crippen LogP contribution in [-0.2, 0) is 22.6 Å². The summed E-state index contributed by atoms with van der Waals surface area (Å²) in [4.78, 5) is 12.1. The highest BCUT2D eigenvalue weighted by molar-refractivity contribution is 7.88. The number of alkyl halides is 3. The maximum Gasteiger partial charge on any atom is 0.416 e. The first-order chi connectivity index (χ1) is 12.4. The van der Waals surface area contributed by atoms with Crippen LogP contribution in [0.2, 0.25) is 0 Å². The first-order valence-electron chi connectivity index (χ1n) is 8.63. The number of piperidine rings is 1. The first kappa shape index (κ1) is 21.5. The van der Waals surface area contributed by atoms with Gasteiger partial charge in [-0.3, -0.25) is 0 Å². The maximum absolute atomic E-state index is 12.6. The van der Waals surface area contributed by atoms with Gasteiger partial charge in [0.05, 0.1) is 11.8 Å². The van der Waals surface area contributed by atoms with Gasteiger partial charge in [0.25, 0.3) is 0 Å². The third-order valence-corrected chi connectivity index (χ3v) is 5.76. The van der Waals surface area contributed by atoms with E-state index in [1.54, 1.807) is 6.92 Å². The largest absolute Gasteiger partial charge is 0.416 e. The molecule has 0 bridgehead atoms. The van der Waals surface area contributed by atoms with Crippen LogP contribution < -0.4 is 10.6 Å². The van der Waals surface area contributed by atoms with E-state index in [-0.39, 0.29) is 18.1 Å². The number of urea groups is 1. The molecule has 10 heteroatoms. The van der Waals surface area contributed by atoms with Crippen LogP contribution >= 0.6 is 0 Å². The topological polar surface area (TPSA) is 78.5 Å². The Hall–Kier alpha value is -1.81. The molecule has 0 aromatic heterocycles. The summed E-state index contributed by atoms with van der Waals surface area (Å²) >= 11 is 0. The number of sulfonamides is 1. The average Bonchev–Trinajstić information content (AvgIpc) is 2.53. The first-order valence-corrected chi connectivity index (χ1v) is 10.5. The number of amides is 2. The van der Waals surface area contributed by atoms with Crippen molar-refractivity contribution in [1.29, 1.82) is 0 Å². The molecule has 6 nitrogen and oxygen atoms in total. The van der Waals surface area contributed by atoms with E-state index in [1.807, 2.05) is 0 Å². The molecule has 2 rings (SSSR count). The molecule has 1 aliphatic heterocycles. The van der Waals surface area contributed by atoms with Gasteiger partial charge in [0.2, 0.25) is 10.0 Å². The second-order valence-corrected chi connectivity index (χ2v) is 8.84. The molecule has 2 amide bonds. The molecule has 1 aromatic rings. The Morgan fingerprint density at radius 1 is 1.22 bits per heavy atom. The zero-order valence-corrected chi connectivity index (χ0v) is 16.0. The average molecular weight is 407 g/mol. The van der Waals surface area contributed by atoms with Gasteiger partial charge in [-0.05, 0) is 43.9 Å². The van der Waals surface area contributed by atoms with Crippen LogP contribution in [0, 0.1) is 0 Å². The van der Waals surface area contributed by atoms with Crippen LogP contribution in [0.25, 0.3) is 0 Å². The second-order valence-electron chi connectivity index (χ2n) is 6.85. The van der Waals surface area contributed by atoms with Crippen molar-refractivity contribution in [2.24, 2.45) is 0 Å². The van der Waals surface area contributed by atoms with Crippen LogP contribution in [0.1, 0.15) is 30.9 Å². The van der Waals surface area contributed by atoms with Crippen LogP contribution in [0.4, 0.5) is 18.0 Å². The van der Waals surface area contributed by atoms with Crippen LogP contribution in [0.3, 0.4) is 0 Å². The van der Waals surface area contributed by atoms with Crippen molar-refractivity contribution < 1.29 is 26.4 Å². The molecule has 0 aliphatic carbocycles. The summed E-state index contributed by atoms with van der Waals surface area (Å²) in [6, 6.07) is 4.11. The SMILES string of the molecule is CC(Cc1ccc(C(F)(F)F)cc1)NC(=O)NC1CCN(S(C)(=O)=O)CC1. The van der Waals surface area contributed by atoms with Crippen LogP contribution in [0.15, 0.2) is 24.3 Å². The van der Waals surface area contributed by atoms with Gasteiger partial charge in [0.15, 0.2) is 0 Å². The number of halogens is 3. The van der Waals surface area contributed by atoms with Crippen molar-refractivity contribution >= 4 is 16.1 Å². The van der Waals surface area contributed by atoms with Crippen molar-refractivity contribution in [3.05, 3.63) is 35.4 Å². The summed E-state index contributed by atoms with van der Waals surface area (Å²) in [6.45, 7) is 2.50. The Kier molecular flexibility index (Phi) is 6.74. The van der Waals surface area contributed by atoms with E-state index in [9.17, 15) is 26.4 Å². The van der Waals surface area contributed by atoms with E-state index >= 15 is 0 Å². The molecule has 1 saturated heterocycles. The highest BCUT2D eigenvalue weighted by atomic mass is 32.2. The lowest BCUT2D eigenvalue weighted by Crippen LogP contribution is -2.50. The van der Waals surface area contributed by atoms with E-state index < -0.39 is 21.8 Å². The van der Waals surface area contributed by atoms with E-state index in [4.69, 9.17) is 0 Å². The van der Waals surface area contributed by atoms with Gasteiger partial charge < -0.3 is 10.6 Å². The number of nitrogens with one attached hydrogen (secondary N) is 2. The third kappa shape index (κ3) is 6.69. The lowest BCUT2D eigenvalue weighted by Gasteiger charge is -2.31. The second kappa shape index (κ2) is 8.47. The molecule has 2 N–H and O–H groups in total. The fraction of sp³-hybridized carbons (Fsp3) is 0.588. The number of carbonyl (C=O) groups is 1. The summed E-state index contributed by atoms with van der Waals surface area (Å²) in [6.07, 6.45) is -1.73. The summed E-state index contributed by atoms with van der Waals surface area (Å²) < 4.78 is 62.0. The molecular weight excluding hydrogens is 383 g/mol. The predicted molar refractivity (Wildman–Crippen MR) is 95.7 cm³/mol. The van der Waals surface area contributed by atoms with Crippen LogP contribution in [0.5, 0.6) is 0 Å². The fourth-order valence-corrected chi connectivity index (χ4v) is 3.89. The molecule has 0 saturated carbocycles. The minimum absolute atomic E-state index is 0.110. The quantitative estimate of drug-likeness (QED) is 0.787.